The zero-order valence-electron chi connectivity index (χ0n) is 18.2. The Kier molecular flexibility index (Phi) is 7.83. The summed E-state index contributed by atoms with van der Waals surface area (Å²) in [5.74, 6) is -1.34. The van der Waals surface area contributed by atoms with E-state index in [2.05, 4.69) is 10.0 Å². The van der Waals surface area contributed by atoms with Crippen LogP contribution in [0.3, 0.4) is 0 Å². The second kappa shape index (κ2) is 10.2. The fourth-order valence-corrected chi connectivity index (χ4v) is 3.68. The number of hydrogen-bond donors (Lipinski definition) is 2. The molecular weight excluding hydrogens is 434 g/mol. The van der Waals surface area contributed by atoms with Gasteiger partial charge in [0.1, 0.15) is 11.3 Å². The summed E-state index contributed by atoms with van der Waals surface area (Å²) in [6.45, 7) is 4.51. The molecule has 0 unspecified atom stereocenters. The second-order valence-corrected chi connectivity index (χ2v) is 9.11. The number of rotatable bonds is 9. The third-order valence-electron chi connectivity index (χ3n) is 4.85. The molecule has 0 aliphatic rings. The topological polar surface area (TPSA) is 135 Å². The van der Waals surface area contributed by atoms with Gasteiger partial charge in [-0.2, -0.15) is 5.26 Å². The third kappa shape index (κ3) is 5.98. The number of carbonyl (C=O) groups excluding carboxylic acids is 2. The second-order valence-electron chi connectivity index (χ2n) is 7.43. The van der Waals surface area contributed by atoms with Crippen LogP contribution in [0, 0.1) is 17.2 Å². The quantitative estimate of drug-likeness (QED) is 0.551. The van der Waals surface area contributed by atoms with Crippen molar-refractivity contribution in [3.05, 3.63) is 54.1 Å². The first-order valence-electron chi connectivity index (χ1n) is 9.67. The highest BCUT2D eigenvalue weighted by atomic mass is 32.2. The lowest BCUT2D eigenvalue weighted by Gasteiger charge is -2.27. The Labute approximate surface area is 187 Å². The summed E-state index contributed by atoms with van der Waals surface area (Å²) >= 11 is 0. The molecule has 0 saturated carbocycles. The maximum Gasteiger partial charge on any atom is 0.338 e. The van der Waals surface area contributed by atoms with Crippen molar-refractivity contribution in [1.29, 1.82) is 5.26 Å². The number of esters is 1. The van der Waals surface area contributed by atoms with Crippen LogP contribution in [0.1, 0.15) is 31.1 Å². The van der Waals surface area contributed by atoms with E-state index < -0.39 is 34.0 Å². The van der Waals surface area contributed by atoms with Crippen LogP contribution in [0.2, 0.25) is 0 Å². The Morgan fingerprint density at radius 2 is 1.84 bits per heavy atom. The first kappa shape index (κ1) is 24.7. The van der Waals surface area contributed by atoms with E-state index in [1.54, 1.807) is 45.0 Å². The largest absolute Gasteiger partial charge is 0.495 e. The number of carbonyl (C=O) groups is 2. The van der Waals surface area contributed by atoms with E-state index in [4.69, 9.17) is 9.47 Å². The summed E-state index contributed by atoms with van der Waals surface area (Å²) in [6, 6.07) is 13.7. The molecule has 0 bridgehead atoms. The molecule has 0 aliphatic heterocycles. The highest BCUT2D eigenvalue weighted by molar-refractivity contribution is 7.92. The van der Waals surface area contributed by atoms with E-state index in [-0.39, 0.29) is 22.1 Å². The van der Waals surface area contributed by atoms with Gasteiger partial charge in [0.25, 0.3) is 15.9 Å². The summed E-state index contributed by atoms with van der Waals surface area (Å²) in [5, 5.41) is 11.8. The van der Waals surface area contributed by atoms with Crippen molar-refractivity contribution < 1.29 is 27.5 Å². The molecule has 1 atom stereocenters. The van der Waals surface area contributed by atoms with Crippen molar-refractivity contribution in [3.8, 4) is 11.8 Å². The van der Waals surface area contributed by atoms with Gasteiger partial charge in [0.15, 0.2) is 6.61 Å². The molecule has 2 aromatic rings. The Balaban J connectivity index is 2.11. The van der Waals surface area contributed by atoms with E-state index >= 15 is 0 Å². The van der Waals surface area contributed by atoms with Crippen molar-refractivity contribution in [2.45, 2.75) is 31.2 Å². The molecule has 0 fully saturated rings. The van der Waals surface area contributed by atoms with Crippen molar-refractivity contribution >= 4 is 27.6 Å². The van der Waals surface area contributed by atoms with Gasteiger partial charge in [-0.1, -0.05) is 32.0 Å². The summed E-state index contributed by atoms with van der Waals surface area (Å²) in [6.07, 6.45) is 0. The fourth-order valence-electron chi connectivity index (χ4n) is 2.56. The lowest BCUT2D eigenvalue weighted by atomic mass is 9.90. The minimum Gasteiger partial charge on any atom is -0.495 e. The van der Waals surface area contributed by atoms with Crippen LogP contribution < -0.4 is 14.8 Å². The Morgan fingerprint density at radius 3 is 2.47 bits per heavy atom. The first-order chi connectivity index (χ1) is 15.0. The number of nitrogens with one attached hydrogen (secondary N) is 2. The molecule has 9 nitrogen and oxygen atoms in total. The maximum absolute atomic E-state index is 12.8. The van der Waals surface area contributed by atoms with Crippen LogP contribution in [0.4, 0.5) is 5.69 Å². The number of ether oxygens (including phenoxy) is 2. The molecule has 0 aliphatic carbocycles. The van der Waals surface area contributed by atoms with E-state index in [9.17, 15) is 23.3 Å². The van der Waals surface area contributed by atoms with E-state index in [1.165, 1.54) is 25.3 Å². The van der Waals surface area contributed by atoms with Gasteiger partial charge in [0, 0.05) is 0 Å². The number of nitrogens with zero attached hydrogens (tertiary/aromatic N) is 1. The van der Waals surface area contributed by atoms with Gasteiger partial charge in [-0.05, 0) is 43.2 Å². The van der Waals surface area contributed by atoms with Gasteiger partial charge >= 0.3 is 5.97 Å². The molecule has 0 saturated heterocycles. The molecule has 170 valence electrons. The van der Waals surface area contributed by atoms with Crippen molar-refractivity contribution in [3.63, 3.8) is 0 Å². The number of para-hydroxylation sites is 2. The molecular formula is C22H25N3O6S. The summed E-state index contributed by atoms with van der Waals surface area (Å²) < 4.78 is 38.0. The molecule has 1 amide bonds. The normalized spacial score (nSPS) is 12.9. The molecule has 0 aromatic heterocycles. The Morgan fingerprint density at radius 1 is 1.16 bits per heavy atom. The predicted molar refractivity (Wildman–Crippen MR) is 118 cm³/mol. The zero-order chi connectivity index (χ0) is 23.9. The van der Waals surface area contributed by atoms with E-state index in [0.717, 1.165) is 6.07 Å². The van der Waals surface area contributed by atoms with Gasteiger partial charge < -0.3 is 14.8 Å². The molecule has 2 rings (SSSR count). The third-order valence-corrected chi connectivity index (χ3v) is 6.21. The number of benzene rings is 2. The van der Waals surface area contributed by atoms with Crippen LogP contribution in [0.15, 0.2) is 53.4 Å². The molecule has 0 heterocycles. The van der Waals surface area contributed by atoms with Crippen LogP contribution >= 0.6 is 0 Å². The maximum atomic E-state index is 12.8. The number of methoxy groups -OCH3 is 1. The number of nitriles is 1. The number of anilines is 1. The molecule has 2 aromatic carbocycles. The number of amides is 1. The summed E-state index contributed by atoms with van der Waals surface area (Å²) in [7, 11) is -2.61. The van der Waals surface area contributed by atoms with Crippen molar-refractivity contribution in [1.82, 2.24) is 5.32 Å². The lowest BCUT2D eigenvalue weighted by molar-refractivity contribution is -0.125. The number of hydrogen-bond acceptors (Lipinski definition) is 7. The Bertz CT molecular complexity index is 1140. The molecule has 0 spiro atoms. The van der Waals surface area contributed by atoms with Crippen molar-refractivity contribution in [2.24, 2.45) is 5.92 Å². The molecule has 0 radical (unpaired) electrons. The monoisotopic (exact) mass is 459 g/mol. The summed E-state index contributed by atoms with van der Waals surface area (Å²) in [5.41, 5.74) is -0.917. The minimum absolute atomic E-state index is 0.0485. The Hall–Kier alpha value is -3.58. The molecule has 2 N–H and O–H groups in total. The lowest BCUT2D eigenvalue weighted by Crippen LogP contribution is -2.50. The predicted octanol–water partition coefficient (Wildman–Crippen LogP) is 2.71. The molecule has 32 heavy (non-hydrogen) atoms. The van der Waals surface area contributed by atoms with Gasteiger partial charge in [0.2, 0.25) is 0 Å². The van der Waals surface area contributed by atoms with Crippen LogP contribution in [-0.2, 0) is 19.6 Å². The zero-order valence-corrected chi connectivity index (χ0v) is 19.0. The fraction of sp³-hybridized carbons (Fsp3) is 0.318. The SMILES string of the molecule is COc1ccccc1NS(=O)(=O)c1cccc(C(=O)OCC(=O)N[C@@](C)(C#N)C(C)C)c1. The van der Waals surface area contributed by atoms with Crippen LogP contribution in [0.25, 0.3) is 0 Å². The average molecular weight is 460 g/mol. The van der Waals surface area contributed by atoms with Gasteiger partial charge in [-0.25, -0.2) is 13.2 Å². The molecule has 10 heteroatoms. The highest BCUT2D eigenvalue weighted by Crippen LogP contribution is 2.26. The van der Waals surface area contributed by atoms with Crippen LogP contribution in [0.5, 0.6) is 5.75 Å². The number of sulfonamides is 1. The van der Waals surface area contributed by atoms with E-state index in [1.807, 2.05) is 6.07 Å². The summed E-state index contributed by atoms with van der Waals surface area (Å²) in [4.78, 5) is 24.3. The van der Waals surface area contributed by atoms with Crippen molar-refractivity contribution in [2.75, 3.05) is 18.4 Å². The average Bonchev–Trinajstić information content (AvgIpc) is 2.77. The minimum atomic E-state index is -4.02. The highest BCUT2D eigenvalue weighted by Gasteiger charge is 2.30. The van der Waals surface area contributed by atoms with Crippen LogP contribution in [-0.4, -0.2) is 39.5 Å². The standard InChI is InChI=1S/C22H25N3O6S/c1-15(2)22(3,14-23)24-20(26)13-31-21(27)16-8-7-9-17(12-16)32(28,29)25-18-10-5-6-11-19(18)30-4/h5-12,15,25H,13H2,1-4H3,(H,24,26)/t22-/m0/s1. The van der Waals surface area contributed by atoms with Gasteiger partial charge in [-0.15, -0.1) is 0 Å². The first-order valence-corrected chi connectivity index (χ1v) is 11.2. The van der Waals surface area contributed by atoms with E-state index in [0.29, 0.717) is 5.75 Å². The smallest absolute Gasteiger partial charge is 0.338 e. The van der Waals surface area contributed by atoms with Gasteiger partial charge in [-0.3, -0.25) is 9.52 Å². The van der Waals surface area contributed by atoms with Gasteiger partial charge in [0.05, 0.1) is 29.3 Å².